The van der Waals surface area contributed by atoms with Crippen molar-refractivity contribution in [3.63, 3.8) is 0 Å². The van der Waals surface area contributed by atoms with Crippen LogP contribution >= 0.6 is 11.3 Å². The highest BCUT2D eigenvalue weighted by Crippen LogP contribution is 2.40. The second kappa shape index (κ2) is 5.07. The Labute approximate surface area is 135 Å². The summed E-state index contributed by atoms with van der Waals surface area (Å²) < 4.78 is 5.19. The van der Waals surface area contributed by atoms with Crippen molar-refractivity contribution in [2.24, 2.45) is 0 Å². The van der Waals surface area contributed by atoms with Crippen molar-refractivity contribution in [2.45, 2.75) is 19.1 Å². The molecule has 1 amide bonds. The second-order valence-electron chi connectivity index (χ2n) is 5.68. The van der Waals surface area contributed by atoms with Gasteiger partial charge in [-0.15, -0.1) is 11.3 Å². The van der Waals surface area contributed by atoms with Crippen LogP contribution in [0.4, 0.5) is 10.9 Å². The molecule has 120 valence electrons. The molecular formula is C14H14N4O4S. The molecule has 2 N–H and O–H groups in total. The van der Waals surface area contributed by atoms with E-state index < -0.39 is 11.1 Å². The number of fused-ring (bicyclic) bond motifs is 3. The van der Waals surface area contributed by atoms with Crippen molar-refractivity contribution >= 4 is 28.1 Å². The zero-order valence-electron chi connectivity index (χ0n) is 12.3. The molecule has 2 aliphatic heterocycles. The van der Waals surface area contributed by atoms with Crippen LogP contribution in [-0.2, 0) is 13.0 Å². The molecule has 2 aromatic heterocycles. The van der Waals surface area contributed by atoms with Crippen molar-refractivity contribution < 1.29 is 14.1 Å². The number of thiophene rings is 1. The molecule has 0 unspecified atom stereocenters. The van der Waals surface area contributed by atoms with Gasteiger partial charge in [0.25, 0.3) is 5.91 Å². The number of amides is 1. The first-order chi connectivity index (χ1) is 11.0. The fraction of sp³-hybridized carbons (Fsp3) is 0.357. The van der Waals surface area contributed by atoms with Crippen molar-refractivity contribution in [3.05, 3.63) is 44.0 Å². The SMILES string of the molecule is CN1CCc2c(sc3c2C(=O)N[C@@H](c2ccc([N+](=O)[O-])o2)N3)C1. The number of nitro groups is 1. The topological polar surface area (TPSA) is 101 Å². The second-order valence-corrected chi connectivity index (χ2v) is 6.78. The van der Waals surface area contributed by atoms with Crippen LogP contribution in [0.25, 0.3) is 0 Å². The van der Waals surface area contributed by atoms with Crippen LogP contribution in [0.3, 0.4) is 0 Å². The van der Waals surface area contributed by atoms with E-state index in [-0.39, 0.29) is 11.8 Å². The molecule has 0 fully saturated rings. The summed E-state index contributed by atoms with van der Waals surface area (Å²) in [6.07, 6.45) is 0.255. The molecule has 2 aliphatic rings. The highest BCUT2D eigenvalue weighted by Gasteiger charge is 2.34. The zero-order valence-corrected chi connectivity index (χ0v) is 13.1. The minimum atomic E-state index is -0.598. The van der Waals surface area contributed by atoms with Gasteiger partial charge in [-0.25, -0.2) is 0 Å². The summed E-state index contributed by atoms with van der Waals surface area (Å²) in [5.41, 5.74) is 1.81. The van der Waals surface area contributed by atoms with Gasteiger partial charge in [0.1, 0.15) is 9.92 Å². The number of carbonyl (C=O) groups excluding carboxylic acids is 1. The summed E-state index contributed by atoms with van der Waals surface area (Å²) in [7, 11) is 2.06. The van der Waals surface area contributed by atoms with E-state index in [0.29, 0.717) is 11.3 Å². The number of hydrogen-bond donors (Lipinski definition) is 2. The third-order valence-corrected chi connectivity index (χ3v) is 5.25. The summed E-state index contributed by atoms with van der Waals surface area (Å²) >= 11 is 1.57. The van der Waals surface area contributed by atoms with Gasteiger partial charge in [0.15, 0.2) is 11.9 Å². The molecule has 0 aliphatic carbocycles. The highest BCUT2D eigenvalue weighted by molar-refractivity contribution is 7.16. The molecule has 0 bridgehead atoms. The first kappa shape index (κ1) is 14.2. The number of hydrogen-bond acceptors (Lipinski definition) is 7. The predicted molar refractivity (Wildman–Crippen MR) is 83.5 cm³/mol. The van der Waals surface area contributed by atoms with Crippen molar-refractivity contribution in [2.75, 3.05) is 18.9 Å². The van der Waals surface area contributed by atoms with Gasteiger partial charge >= 0.3 is 5.88 Å². The number of likely N-dealkylation sites (N-methyl/N-ethyl adjacent to an activating group) is 1. The minimum Gasteiger partial charge on any atom is -0.402 e. The third-order valence-electron chi connectivity index (χ3n) is 4.10. The smallest absolute Gasteiger partial charge is 0.402 e. The van der Waals surface area contributed by atoms with Crippen LogP contribution in [0.2, 0.25) is 0 Å². The van der Waals surface area contributed by atoms with E-state index in [2.05, 4.69) is 22.6 Å². The number of anilines is 1. The lowest BCUT2D eigenvalue weighted by atomic mass is 10.0. The molecule has 0 saturated carbocycles. The Morgan fingerprint density at radius 3 is 3.00 bits per heavy atom. The Bertz CT molecular complexity index is 812. The van der Waals surface area contributed by atoms with Crippen LogP contribution in [0.15, 0.2) is 16.5 Å². The molecule has 0 radical (unpaired) electrons. The largest absolute Gasteiger partial charge is 0.433 e. The Morgan fingerprint density at radius 1 is 1.43 bits per heavy atom. The van der Waals surface area contributed by atoms with Gasteiger partial charge in [-0.05, 0) is 25.1 Å². The molecule has 1 atom stereocenters. The summed E-state index contributed by atoms with van der Waals surface area (Å²) in [6, 6.07) is 2.79. The lowest BCUT2D eigenvalue weighted by molar-refractivity contribution is -0.402. The summed E-state index contributed by atoms with van der Waals surface area (Å²) in [4.78, 5) is 26.0. The molecule has 23 heavy (non-hydrogen) atoms. The predicted octanol–water partition coefficient (Wildman–Crippen LogP) is 2.09. The monoisotopic (exact) mass is 334 g/mol. The fourth-order valence-electron chi connectivity index (χ4n) is 2.98. The van der Waals surface area contributed by atoms with Gasteiger partial charge in [0.05, 0.1) is 11.6 Å². The van der Waals surface area contributed by atoms with Crippen LogP contribution in [-0.4, -0.2) is 29.3 Å². The Kier molecular flexibility index (Phi) is 3.13. The lowest BCUT2D eigenvalue weighted by Gasteiger charge is -2.25. The van der Waals surface area contributed by atoms with Gasteiger partial charge in [0, 0.05) is 18.0 Å². The van der Waals surface area contributed by atoms with Gasteiger partial charge in [-0.2, -0.15) is 0 Å². The number of furan rings is 1. The first-order valence-electron chi connectivity index (χ1n) is 7.17. The molecular weight excluding hydrogens is 320 g/mol. The minimum absolute atomic E-state index is 0.162. The van der Waals surface area contributed by atoms with Gasteiger partial charge < -0.3 is 20.0 Å². The van der Waals surface area contributed by atoms with Crippen LogP contribution < -0.4 is 10.6 Å². The van der Waals surface area contributed by atoms with Crippen LogP contribution in [0, 0.1) is 10.1 Å². The summed E-state index contributed by atoms with van der Waals surface area (Å²) in [5, 5.41) is 17.6. The average molecular weight is 334 g/mol. The van der Waals surface area contributed by atoms with Gasteiger partial charge in [-0.1, -0.05) is 0 Å². The van der Waals surface area contributed by atoms with E-state index in [1.165, 1.54) is 17.0 Å². The number of rotatable bonds is 2. The quantitative estimate of drug-likeness (QED) is 0.644. The molecule has 0 aromatic carbocycles. The van der Waals surface area contributed by atoms with Crippen LogP contribution in [0.1, 0.15) is 32.7 Å². The van der Waals surface area contributed by atoms with Gasteiger partial charge in [0.2, 0.25) is 0 Å². The summed E-state index contributed by atoms with van der Waals surface area (Å²) in [5.74, 6) is -0.182. The Morgan fingerprint density at radius 2 is 2.26 bits per heavy atom. The molecule has 4 rings (SSSR count). The lowest BCUT2D eigenvalue weighted by Crippen LogP contribution is -2.38. The Balaban J connectivity index is 1.67. The maximum absolute atomic E-state index is 12.5. The maximum Gasteiger partial charge on any atom is 0.433 e. The molecule has 0 spiro atoms. The van der Waals surface area contributed by atoms with E-state index in [4.69, 9.17) is 4.42 Å². The van der Waals surface area contributed by atoms with Crippen molar-refractivity contribution in [1.29, 1.82) is 0 Å². The molecule has 8 nitrogen and oxygen atoms in total. The van der Waals surface area contributed by atoms with E-state index in [1.807, 2.05) is 0 Å². The first-order valence-corrected chi connectivity index (χ1v) is 7.99. The standard InChI is InChI=1S/C14H14N4O4S/c1-17-5-4-7-9(6-17)23-14-11(7)13(19)15-12(16-14)8-2-3-10(22-8)18(20)21/h2-3,12,16H,4-6H2,1H3,(H,15,19)/t12-/m1/s1. The molecule has 2 aromatic rings. The van der Waals surface area contributed by atoms with E-state index in [1.54, 1.807) is 11.3 Å². The van der Waals surface area contributed by atoms with Crippen LogP contribution in [0.5, 0.6) is 0 Å². The van der Waals surface area contributed by atoms with E-state index >= 15 is 0 Å². The van der Waals surface area contributed by atoms with Crippen molar-refractivity contribution in [1.82, 2.24) is 10.2 Å². The normalized spacial score (nSPS) is 20.4. The average Bonchev–Trinajstić information content (AvgIpc) is 3.10. The molecule has 0 saturated heterocycles. The number of nitrogens with zero attached hydrogens (tertiary/aromatic N) is 2. The Hall–Kier alpha value is -2.39. The summed E-state index contributed by atoms with van der Waals surface area (Å²) in [6.45, 7) is 1.76. The maximum atomic E-state index is 12.5. The molecule has 9 heteroatoms. The van der Waals surface area contributed by atoms with Gasteiger partial charge in [-0.3, -0.25) is 14.9 Å². The fourth-order valence-corrected chi connectivity index (χ4v) is 4.33. The molecule has 4 heterocycles. The number of carbonyl (C=O) groups is 1. The van der Waals surface area contributed by atoms with E-state index in [9.17, 15) is 14.9 Å². The number of nitrogens with one attached hydrogen (secondary N) is 2. The zero-order chi connectivity index (χ0) is 16.1. The van der Waals surface area contributed by atoms with Crippen molar-refractivity contribution in [3.8, 4) is 0 Å². The highest BCUT2D eigenvalue weighted by atomic mass is 32.1. The third kappa shape index (κ3) is 2.28. The van der Waals surface area contributed by atoms with E-state index in [0.717, 1.165) is 30.1 Å².